The predicted molar refractivity (Wildman–Crippen MR) is 108 cm³/mol. The monoisotopic (exact) mass is 408 g/mol. The number of hydrogen-bond donors (Lipinski definition) is 0. The van der Waals surface area contributed by atoms with Crippen LogP contribution in [0.5, 0.6) is 5.75 Å². The quantitative estimate of drug-likeness (QED) is 0.727. The van der Waals surface area contributed by atoms with Crippen molar-refractivity contribution in [2.45, 2.75) is 12.1 Å². The summed E-state index contributed by atoms with van der Waals surface area (Å²) in [6.45, 7) is 0. The number of anilines is 2. The van der Waals surface area contributed by atoms with E-state index < -0.39 is 9.84 Å². The molecule has 0 aromatic heterocycles. The van der Waals surface area contributed by atoms with Crippen molar-refractivity contribution >= 4 is 50.1 Å². The minimum Gasteiger partial charge on any atom is -0.497 e. The molecule has 0 spiro atoms. The second kappa shape index (κ2) is 6.40. The number of fused-ring (bicyclic) bond motifs is 1. The zero-order chi connectivity index (χ0) is 18.5. The molecule has 26 heavy (non-hydrogen) atoms. The lowest BCUT2D eigenvalue weighted by atomic mass is 10.1. The van der Waals surface area contributed by atoms with Crippen LogP contribution in [0.4, 0.5) is 11.4 Å². The predicted octanol–water partition coefficient (Wildman–Crippen LogP) is 3.13. The number of nitrogens with zero attached hydrogens (tertiary/aromatic N) is 2. The molecule has 5 nitrogen and oxygen atoms in total. The lowest BCUT2D eigenvalue weighted by molar-refractivity contribution is 0.415. The SMILES string of the molecule is COc1cccc(N2C(=S)N(c3ccc(Cl)cc3)[C@@H]3CS(=O)(=O)C[C@@H]32)c1. The van der Waals surface area contributed by atoms with Gasteiger partial charge in [-0.1, -0.05) is 17.7 Å². The molecule has 0 N–H and O–H groups in total. The van der Waals surface area contributed by atoms with E-state index in [0.717, 1.165) is 11.4 Å². The van der Waals surface area contributed by atoms with Crippen molar-refractivity contribution in [2.75, 3.05) is 28.4 Å². The van der Waals surface area contributed by atoms with E-state index in [1.54, 1.807) is 19.2 Å². The van der Waals surface area contributed by atoms with E-state index in [4.69, 9.17) is 28.6 Å². The Morgan fingerprint density at radius 1 is 1.04 bits per heavy atom. The van der Waals surface area contributed by atoms with Gasteiger partial charge in [-0.15, -0.1) is 0 Å². The van der Waals surface area contributed by atoms with Gasteiger partial charge in [-0.25, -0.2) is 8.42 Å². The summed E-state index contributed by atoms with van der Waals surface area (Å²) in [5.74, 6) is 0.868. The molecule has 2 heterocycles. The molecule has 0 bridgehead atoms. The third-order valence-corrected chi connectivity index (χ3v) is 7.15. The number of thiocarbonyl (C=S) groups is 1. The normalized spacial score (nSPS) is 24.0. The Hall–Kier alpha value is -1.83. The minimum atomic E-state index is -3.13. The van der Waals surface area contributed by atoms with Gasteiger partial charge in [0.15, 0.2) is 14.9 Å². The molecule has 136 valence electrons. The number of ether oxygens (including phenoxy) is 1. The summed E-state index contributed by atoms with van der Waals surface area (Å²) in [7, 11) is -1.53. The summed E-state index contributed by atoms with van der Waals surface area (Å²) in [5, 5.41) is 1.21. The second-order valence-electron chi connectivity index (χ2n) is 6.41. The van der Waals surface area contributed by atoms with Crippen molar-refractivity contribution in [1.29, 1.82) is 0 Å². The summed E-state index contributed by atoms with van der Waals surface area (Å²) >= 11 is 11.7. The molecule has 0 radical (unpaired) electrons. The van der Waals surface area contributed by atoms with Crippen LogP contribution in [-0.2, 0) is 9.84 Å². The Bertz CT molecular complexity index is 963. The van der Waals surface area contributed by atoms with Crippen LogP contribution in [0.25, 0.3) is 0 Å². The number of methoxy groups -OCH3 is 1. The van der Waals surface area contributed by atoms with E-state index in [-0.39, 0.29) is 23.6 Å². The molecule has 2 aliphatic rings. The van der Waals surface area contributed by atoms with Crippen molar-refractivity contribution in [3.63, 3.8) is 0 Å². The van der Waals surface area contributed by atoms with E-state index >= 15 is 0 Å². The maximum atomic E-state index is 12.3. The number of benzene rings is 2. The fourth-order valence-electron chi connectivity index (χ4n) is 3.67. The Morgan fingerprint density at radius 3 is 2.27 bits per heavy atom. The zero-order valence-corrected chi connectivity index (χ0v) is 16.4. The number of hydrogen-bond acceptors (Lipinski definition) is 4. The summed E-state index contributed by atoms with van der Waals surface area (Å²) in [4.78, 5) is 3.86. The first-order valence-electron chi connectivity index (χ1n) is 8.12. The standard InChI is InChI=1S/C18H17ClN2O3S2/c1-24-15-4-2-3-14(9-15)21-17-11-26(22,23)10-16(17)20(18(21)25)13-7-5-12(19)6-8-13/h2-9,16-17H,10-11H2,1H3/t16-,17+/m1/s1. The highest BCUT2D eigenvalue weighted by molar-refractivity contribution is 7.91. The lowest BCUT2D eigenvalue weighted by Gasteiger charge is -2.26. The Balaban J connectivity index is 1.80. The van der Waals surface area contributed by atoms with Gasteiger partial charge in [-0.2, -0.15) is 0 Å². The van der Waals surface area contributed by atoms with Crippen molar-refractivity contribution in [2.24, 2.45) is 0 Å². The van der Waals surface area contributed by atoms with E-state index in [9.17, 15) is 8.42 Å². The Labute approximate surface area is 163 Å². The maximum Gasteiger partial charge on any atom is 0.181 e. The van der Waals surface area contributed by atoms with Crippen LogP contribution in [-0.4, -0.2) is 44.2 Å². The molecule has 2 saturated heterocycles. The molecule has 2 aromatic rings. The van der Waals surface area contributed by atoms with Gasteiger partial charge >= 0.3 is 0 Å². The van der Waals surface area contributed by atoms with Crippen molar-refractivity contribution in [3.8, 4) is 5.75 Å². The van der Waals surface area contributed by atoms with Crippen LogP contribution in [0.3, 0.4) is 0 Å². The van der Waals surface area contributed by atoms with E-state index in [1.165, 1.54) is 0 Å². The minimum absolute atomic E-state index is 0.0824. The molecule has 0 amide bonds. The smallest absolute Gasteiger partial charge is 0.181 e. The number of rotatable bonds is 3. The van der Waals surface area contributed by atoms with Crippen LogP contribution in [0.2, 0.25) is 5.02 Å². The van der Waals surface area contributed by atoms with Crippen LogP contribution in [0, 0.1) is 0 Å². The molecule has 0 saturated carbocycles. The lowest BCUT2D eigenvalue weighted by Crippen LogP contribution is -2.37. The molecule has 8 heteroatoms. The Kier molecular flexibility index (Phi) is 4.33. The molecule has 0 aliphatic carbocycles. The van der Waals surface area contributed by atoms with E-state index in [1.807, 2.05) is 46.2 Å². The topological polar surface area (TPSA) is 49.9 Å². The highest BCUT2D eigenvalue weighted by Gasteiger charge is 2.52. The van der Waals surface area contributed by atoms with E-state index in [0.29, 0.717) is 15.9 Å². The van der Waals surface area contributed by atoms with Gasteiger partial charge in [0.05, 0.1) is 30.7 Å². The summed E-state index contributed by atoms with van der Waals surface area (Å²) in [6, 6.07) is 14.4. The Morgan fingerprint density at radius 2 is 1.65 bits per heavy atom. The van der Waals surface area contributed by atoms with Crippen molar-refractivity contribution < 1.29 is 13.2 Å². The van der Waals surface area contributed by atoms with Crippen LogP contribution >= 0.6 is 23.8 Å². The first-order valence-corrected chi connectivity index (χ1v) is 10.7. The average Bonchev–Trinajstić information content (AvgIpc) is 3.04. The van der Waals surface area contributed by atoms with Gasteiger partial charge in [-0.05, 0) is 48.6 Å². The first-order chi connectivity index (χ1) is 12.4. The van der Waals surface area contributed by atoms with Gasteiger partial charge in [0.25, 0.3) is 0 Å². The molecular weight excluding hydrogens is 392 g/mol. The maximum absolute atomic E-state index is 12.3. The number of sulfone groups is 1. The van der Waals surface area contributed by atoms with Gasteiger partial charge in [0, 0.05) is 22.5 Å². The summed E-state index contributed by atoms with van der Waals surface area (Å²) in [6.07, 6.45) is 0. The molecule has 2 aromatic carbocycles. The molecule has 2 fully saturated rings. The summed E-state index contributed by atoms with van der Waals surface area (Å²) in [5.41, 5.74) is 1.68. The number of halogens is 1. The molecule has 2 aliphatic heterocycles. The largest absolute Gasteiger partial charge is 0.497 e. The highest BCUT2D eigenvalue weighted by Crippen LogP contribution is 2.39. The van der Waals surface area contributed by atoms with Gasteiger partial charge < -0.3 is 14.5 Å². The molecule has 0 unspecified atom stereocenters. The first kappa shape index (κ1) is 17.6. The molecule has 4 rings (SSSR count). The fourth-order valence-corrected chi connectivity index (χ4v) is 6.20. The third kappa shape index (κ3) is 2.94. The third-order valence-electron chi connectivity index (χ3n) is 4.81. The van der Waals surface area contributed by atoms with Gasteiger partial charge in [-0.3, -0.25) is 0 Å². The van der Waals surface area contributed by atoms with Crippen LogP contribution < -0.4 is 14.5 Å². The van der Waals surface area contributed by atoms with Crippen LogP contribution in [0.15, 0.2) is 48.5 Å². The zero-order valence-electron chi connectivity index (χ0n) is 14.0. The van der Waals surface area contributed by atoms with Crippen molar-refractivity contribution in [3.05, 3.63) is 53.6 Å². The van der Waals surface area contributed by atoms with Gasteiger partial charge in [0.1, 0.15) is 5.75 Å². The second-order valence-corrected chi connectivity index (χ2v) is 9.37. The fraction of sp³-hybridized carbons (Fsp3) is 0.278. The molecular formula is C18H17ClN2O3S2. The van der Waals surface area contributed by atoms with E-state index in [2.05, 4.69) is 0 Å². The molecule has 2 atom stereocenters. The van der Waals surface area contributed by atoms with Crippen LogP contribution in [0.1, 0.15) is 0 Å². The van der Waals surface area contributed by atoms with Crippen molar-refractivity contribution in [1.82, 2.24) is 0 Å². The summed E-state index contributed by atoms with van der Waals surface area (Å²) < 4.78 is 30.0. The average molecular weight is 409 g/mol. The van der Waals surface area contributed by atoms with Gasteiger partial charge in [0.2, 0.25) is 0 Å². The highest BCUT2D eigenvalue weighted by atomic mass is 35.5.